The Bertz CT molecular complexity index is 937. The molecule has 152 valence electrons. The summed E-state index contributed by atoms with van der Waals surface area (Å²) >= 11 is 0. The maximum atomic E-state index is 12.5. The lowest BCUT2D eigenvalue weighted by molar-refractivity contribution is -0.118. The first kappa shape index (κ1) is 20.4. The van der Waals surface area contributed by atoms with Crippen molar-refractivity contribution in [3.8, 4) is 5.75 Å². The smallest absolute Gasteiger partial charge is 0.339 e. The number of methoxy groups -OCH3 is 2. The fourth-order valence-corrected chi connectivity index (χ4v) is 3.39. The summed E-state index contributed by atoms with van der Waals surface area (Å²) in [5, 5.41) is 2.62. The van der Waals surface area contributed by atoms with E-state index in [2.05, 4.69) is 16.1 Å². The first-order valence-electron chi connectivity index (χ1n) is 9.37. The maximum Gasteiger partial charge on any atom is 0.339 e. The largest absolute Gasteiger partial charge is 0.483 e. The van der Waals surface area contributed by atoms with Gasteiger partial charge in [-0.05, 0) is 61.1 Å². The van der Waals surface area contributed by atoms with Gasteiger partial charge in [0.25, 0.3) is 5.91 Å². The number of rotatable bonds is 6. The van der Waals surface area contributed by atoms with Crippen LogP contribution < -0.4 is 10.1 Å². The van der Waals surface area contributed by atoms with Crippen molar-refractivity contribution in [3.63, 3.8) is 0 Å². The molecule has 0 bridgehead atoms. The van der Waals surface area contributed by atoms with E-state index in [1.165, 1.54) is 38.0 Å². The highest BCUT2D eigenvalue weighted by Gasteiger charge is 2.19. The molecule has 0 unspecified atom stereocenters. The van der Waals surface area contributed by atoms with Crippen LogP contribution >= 0.6 is 0 Å². The monoisotopic (exact) mass is 397 g/mol. The Morgan fingerprint density at radius 3 is 2.48 bits per heavy atom. The number of carbonyl (C=O) groups excluding carboxylic acids is 3. The van der Waals surface area contributed by atoms with Crippen LogP contribution in [-0.4, -0.2) is 38.7 Å². The molecule has 7 nitrogen and oxygen atoms in total. The number of aryl methyl sites for hydroxylation is 1. The molecule has 7 heteroatoms. The van der Waals surface area contributed by atoms with Crippen molar-refractivity contribution in [1.29, 1.82) is 0 Å². The van der Waals surface area contributed by atoms with Gasteiger partial charge in [0.15, 0.2) is 6.61 Å². The van der Waals surface area contributed by atoms with Gasteiger partial charge in [-0.1, -0.05) is 12.1 Å². The highest BCUT2D eigenvalue weighted by atomic mass is 16.5. The number of anilines is 1. The van der Waals surface area contributed by atoms with Crippen molar-refractivity contribution < 1.29 is 28.6 Å². The number of carbonyl (C=O) groups is 3. The first-order valence-corrected chi connectivity index (χ1v) is 9.37. The predicted octanol–water partition coefficient (Wildman–Crippen LogP) is 3.16. The number of hydrogen-bond acceptors (Lipinski definition) is 6. The molecular weight excluding hydrogens is 374 g/mol. The van der Waals surface area contributed by atoms with Crippen molar-refractivity contribution in [2.24, 2.45) is 0 Å². The van der Waals surface area contributed by atoms with Crippen molar-refractivity contribution in [1.82, 2.24) is 0 Å². The third kappa shape index (κ3) is 4.74. The molecule has 0 saturated heterocycles. The van der Waals surface area contributed by atoms with Gasteiger partial charge in [0.05, 0.1) is 31.0 Å². The van der Waals surface area contributed by atoms with Gasteiger partial charge >= 0.3 is 11.9 Å². The highest BCUT2D eigenvalue weighted by Crippen LogP contribution is 2.29. The fourth-order valence-electron chi connectivity index (χ4n) is 3.39. The zero-order chi connectivity index (χ0) is 20.8. The Balaban J connectivity index is 1.74. The van der Waals surface area contributed by atoms with E-state index >= 15 is 0 Å². The van der Waals surface area contributed by atoms with E-state index < -0.39 is 17.8 Å². The molecule has 0 heterocycles. The van der Waals surface area contributed by atoms with Gasteiger partial charge in [-0.15, -0.1) is 0 Å². The van der Waals surface area contributed by atoms with Gasteiger partial charge in [-0.2, -0.15) is 0 Å². The number of hydrogen-bond donors (Lipinski definition) is 1. The van der Waals surface area contributed by atoms with Crippen LogP contribution in [0.2, 0.25) is 0 Å². The van der Waals surface area contributed by atoms with E-state index in [-0.39, 0.29) is 23.4 Å². The number of nitrogens with one attached hydrogen (secondary N) is 1. The van der Waals surface area contributed by atoms with E-state index in [1.54, 1.807) is 0 Å². The lowest BCUT2D eigenvalue weighted by atomic mass is 9.91. The van der Waals surface area contributed by atoms with Crippen LogP contribution in [0, 0.1) is 0 Å². The zero-order valence-electron chi connectivity index (χ0n) is 16.4. The van der Waals surface area contributed by atoms with E-state index in [0.29, 0.717) is 5.75 Å². The summed E-state index contributed by atoms with van der Waals surface area (Å²) in [5.74, 6) is -0.960. The molecule has 1 aliphatic rings. The topological polar surface area (TPSA) is 90.9 Å². The molecule has 1 aliphatic carbocycles. The zero-order valence-corrected chi connectivity index (χ0v) is 16.4. The number of amides is 1. The van der Waals surface area contributed by atoms with Crippen LogP contribution in [0.1, 0.15) is 44.7 Å². The molecule has 3 rings (SSSR count). The van der Waals surface area contributed by atoms with Crippen molar-refractivity contribution >= 4 is 23.5 Å². The van der Waals surface area contributed by atoms with Crippen LogP contribution in [-0.2, 0) is 27.1 Å². The second kappa shape index (κ2) is 9.23. The first-order chi connectivity index (χ1) is 14.0. The summed E-state index contributed by atoms with van der Waals surface area (Å²) in [5.41, 5.74) is 2.89. The lowest BCUT2D eigenvalue weighted by Crippen LogP contribution is -2.23. The van der Waals surface area contributed by atoms with E-state index in [1.807, 2.05) is 12.1 Å². The Labute approximate surface area is 169 Å². The molecular formula is C22H23NO6. The fraction of sp³-hybridized carbons (Fsp3) is 0.318. The van der Waals surface area contributed by atoms with Gasteiger partial charge in [0.1, 0.15) is 5.75 Å². The summed E-state index contributed by atoms with van der Waals surface area (Å²) in [6.45, 7) is -0.223. The third-order valence-corrected chi connectivity index (χ3v) is 4.83. The van der Waals surface area contributed by atoms with Crippen molar-refractivity contribution in [2.75, 3.05) is 26.1 Å². The predicted molar refractivity (Wildman–Crippen MR) is 106 cm³/mol. The molecule has 29 heavy (non-hydrogen) atoms. The number of ether oxygens (including phenoxy) is 3. The summed E-state index contributed by atoms with van der Waals surface area (Å²) in [6, 6.07) is 10.1. The second-order valence-corrected chi connectivity index (χ2v) is 6.68. The lowest BCUT2D eigenvalue weighted by Gasteiger charge is -2.19. The minimum absolute atomic E-state index is 0.130. The van der Waals surface area contributed by atoms with Crippen molar-refractivity contribution in [2.45, 2.75) is 25.7 Å². The summed E-state index contributed by atoms with van der Waals surface area (Å²) < 4.78 is 15.2. The van der Waals surface area contributed by atoms with Gasteiger partial charge in [-0.3, -0.25) is 4.79 Å². The Morgan fingerprint density at radius 1 is 0.966 bits per heavy atom. The van der Waals surface area contributed by atoms with Gasteiger partial charge in [0.2, 0.25) is 0 Å². The minimum Gasteiger partial charge on any atom is -0.483 e. The van der Waals surface area contributed by atoms with Crippen LogP contribution in [0.3, 0.4) is 0 Å². The normalized spacial score (nSPS) is 12.5. The van der Waals surface area contributed by atoms with Gasteiger partial charge in [-0.25, -0.2) is 9.59 Å². The Kier molecular flexibility index (Phi) is 6.49. The molecule has 0 fully saturated rings. The second-order valence-electron chi connectivity index (χ2n) is 6.68. The van der Waals surface area contributed by atoms with Crippen LogP contribution in [0.4, 0.5) is 5.69 Å². The molecule has 0 aromatic heterocycles. The summed E-state index contributed by atoms with van der Waals surface area (Å²) in [4.78, 5) is 36.2. The summed E-state index contributed by atoms with van der Waals surface area (Å²) in [6.07, 6.45) is 4.20. The molecule has 0 spiro atoms. The molecule has 2 aromatic carbocycles. The standard InChI is InChI=1S/C22H23NO6/c1-27-21(25)15-10-11-17(22(26)28-2)18(12-15)23-20(24)13-29-19-9-5-7-14-6-3-4-8-16(14)19/h5,7,9-12H,3-4,6,8,13H2,1-2H3,(H,23,24). The SMILES string of the molecule is COC(=O)c1ccc(C(=O)OC)c(NC(=O)COc2cccc3c2CCCC3)c1. The molecule has 2 aromatic rings. The van der Waals surface area contributed by atoms with E-state index in [4.69, 9.17) is 9.47 Å². The van der Waals surface area contributed by atoms with E-state index in [9.17, 15) is 14.4 Å². The Morgan fingerprint density at radius 2 is 1.72 bits per heavy atom. The minimum atomic E-state index is -0.630. The molecule has 0 radical (unpaired) electrons. The molecule has 1 N–H and O–H groups in total. The number of esters is 2. The van der Waals surface area contributed by atoms with Crippen LogP contribution in [0.25, 0.3) is 0 Å². The van der Waals surface area contributed by atoms with Crippen LogP contribution in [0.15, 0.2) is 36.4 Å². The molecule has 0 aliphatic heterocycles. The molecule has 0 saturated carbocycles. The Hall–Kier alpha value is -3.35. The third-order valence-electron chi connectivity index (χ3n) is 4.83. The average Bonchev–Trinajstić information content (AvgIpc) is 2.76. The maximum absolute atomic E-state index is 12.5. The molecule has 0 atom stereocenters. The van der Waals surface area contributed by atoms with E-state index in [0.717, 1.165) is 31.2 Å². The molecule has 1 amide bonds. The van der Waals surface area contributed by atoms with Gasteiger partial charge < -0.3 is 19.5 Å². The quantitative estimate of drug-likeness (QED) is 0.753. The number of benzene rings is 2. The van der Waals surface area contributed by atoms with Crippen molar-refractivity contribution in [3.05, 3.63) is 58.7 Å². The highest BCUT2D eigenvalue weighted by molar-refractivity contribution is 6.03. The number of fused-ring (bicyclic) bond motifs is 1. The van der Waals surface area contributed by atoms with Gasteiger partial charge in [0, 0.05) is 0 Å². The summed E-state index contributed by atoms with van der Waals surface area (Å²) in [7, 11) is 2.49. The average molecular weight is 397 g/mol. The van der Waals surface area contributed by atoms with Crippen LogP contribution in [0.5, 0.6) is 5.75 Å².